The molecular formula is C19H12ClF3N4O2S. The first-order valence-corrected chi connectivity index (χ1v) is 9.62. The van der Waals surface area contributed by atoms with E-state index in [4.69, 9.17) is 11.6 Å². The minimum absolute atomic E-state index is 0.0514. The van der Waals surface area contributed by atoms with E-state index in [0.717, 1.165) is 23.9 Å². The number of pyridine rings is 1. The Morgan fingerprint density at radius 2 is 1.97 bits per heavy atom. The van der Waals surface area contributed by atoms with Crippen molar-refractivity contribution in [1.29, 1.82) is 0 Å². The second-order valence-electron chi connectivity index (χ2n) is 6.40. The molecule has 0 saturated carbocycles. The summed E-state index contributed by atoms with van der Waals surface area (Å²) in [7, 11) is 1.66. The molecule has 0 aliphatic rings. The van der Waals surface area contributed by atoms with Crippen molar-refractivity contribution in [2.75, 3.05) is 0 Å². The van der Waals surface area contributed by atoms with Crippen molar-refractivity contribution in [3.63, 3.8) is 0 Å². The number of nitrogens with zero attached hydrogens (tertiary/aromatic N) is 3. The van der Waals surface area contributed by atoms with Gasteiger partial charge in [0.1, 0.15) is 12.1 Å². The molecule has 4 aromatic rings. The molecule has 6 nitrogen and oxygen atoms in total. The van der Waals surface area contributed by atoms with Gasteiger partial charge in [0.05, 0.1) is 10.5 Å². The Hall–Kier alpha value is -2.98. The number of phenols is 1. The Bertz CT molecular complexity index is 1330. The summed E-state index contributed by atoms with van der Waals surface area (Å²) < 4.78 is 41.6. The van der Waals surface area contributed by atoms with Gasteiger partial charge in [-0.1, -0.05) is 11.6 Å². The zero-order chi connectivity index (χ0) is 21.6. The van der Waals surface area contributed by atoms with Crippen LogP contribution in [0.4, 0.5) is 13.2 Å². The molecule has 11 heteroatoms. The zero-order valence-corrected chi connectivity index (χ0v) is 16.7. The predicted octanol–water partition coefficient (Wildman–Crippen LogP) is 4.85. The molecule has 2 aromatic heterocycles. The van der Waals surface area contributed by atoms with Crippen LogP contribution >= 0.6 is 23.4 Å². The maximum Gasteiger partial charge on any atom is 0.416 e. The number of rotatable bonds is 3. The largest absolute Gasteiger partial charge is 0.507 e. The van der Waals surface area contributed by atoms with E-state index in [2.05, 4.69) is 15.2 Å². The smallest absolute Gasteiger partial charge is 0.416 e. The Morgan fingerprint density at radius 1 is 1.20 bits per heavy atom. The van der Waals surface area contributed by atoms with Gasteiger partial charge in [0, 0.05) is 34.1 Å². The topological polar surface area (TPSA) is 83.8 Å². The lowest BCUT2D eigenvalue weighted by atomic mass is 9.98. The molecule has 2 N–H and O–H groups in total. The zero-order valence-electron chi connectivity index (χ0n) is 15.2. The van der Waals surface area contributed by atoms with Crippen LogP contribution in [-0.2, 0) is 13.2 Å². The molecule has 0 amide bonds. The molecule has 0 fully saturated rings. The minimum Gasteiger partial charge on any atom is -0.507 e. The van der Waals surface area contributed by atoms with E-state index in [9.17, 15) is 23.1 Å². The van der Waals surface area contributed by atoms with Crippen LogP contribution in [0, 0.1) is 0 Å². The van der Waals surface area contributed by atoms with Crippen LogP contribution in [0.5, 0.6) is 5.75 Å². The van der Waals surface area contributed by atoms with Crippen molar-refractivity contribution < 1.29 is 18.3 Å². The van der Waals surface area contributed by atoms with Gasteiger partial charge in [-0.15, -0.1) is 10.2 Å². The van der Waals surface area contributed by atoms with Crippen LogP contribution in [0.1, 0.15) is 5.56 Å². The highest BCUT2D eigenvalue weighted by molar-refractivity contribution is 7.99. The van der Waals surface area contributed by atoms with E-state index in [1.807, 2.05) is 0 Å². The van der Waals surface area contributed by atoms with Crippen molar-refractivity contribution in [1.82, 2.24) is 19.7 Å². The summed E-state index contributed by atoms with van der Waals surface area (Å²) in [4.78, 5) is 15.5. The fraction of sp³-hybridized carbons (Fsp3) is 0.105. The number of aromatic hydroxyl groups is 1. The maximum atomic E-state index is 13.4. The number of phenolic OH excluding ortho intramolecular Hbond substituents is 1. The Morgan fingerprint density at radius 3 is 2.63 bits per heavy atom. The number of alkyl halides is 3. The monoisotopic (exact) mass is 452 g/mol. The van der Waals surface area contributed by atoms with Crippen LogP contribution in [0.15, 0.2) is 57.6 Å². The number of hydrogen-bond donors (Lipinski definition) is 2. The van der Waals surface area contributed by atoms with E-state index < -0.39 is 17.3 Å². The maximum absolute atomic E-state index is 13.4. The molecule has 0 atom stereocenters. The molecule has 0 aliphatic carbocycles. The summed E-state index contributed by atoms with van der Waals surface area (Å²) in [5.41, 5.74) is -1.01. The number of fused-ring (bicyclic) bond motifs is 1. The van der Waals surface area contributed by atoms with Crippen LogP contribution in [-0.4, -0.2) is 24.9 Å². The van der Waals surface area contributed by atoms with Gasteiger partial charge in [0.2, 0.25) is 0 Å². The number of H-pyrrole nitrogens is 1. The summed E-state index contributed by atoms with van der Waals surface area (Å²) in [5.74, 6) is -0.233. The second-order valence-corrected chi connectivity index (χ2v) is 7.82. The molecule has 0 aliphatic heterocycles. The number of hydrogen-bond acceptors (Lipinski definition) is 5. The van der Waals surface area contributed by atoms with Crippen LogP contribution in [0.2, 0.25) is 5.02 Å². The average molecular weight is 453 g/mol. The molecule has 0 spiro atoms. The fourth-order valence-electron chi connectivity index (χ4n) is 2.98. The molecule has 2 heterocycles. The number of nitrogens with one attached hydrogen (secondary N) is 1. The average Bonchev–Trinajstić information content (AvgIpc) is 3.08. The number of halogens is 4. The lowest BCUT2D eigenvalue weighted by Crippen LogP contribution is -2.12. The van der Waals surface area contributed by atoms with E-state index in [1.165, 1.54) is 30.6 Å². The van der Waals surface area contributed by atoms with Gasteiger partial charge in [-0.2, -0.15) is 13.2 Å². The summed E-state index contributed by atoms with van der Waals surface area (Å²) in [6.45, 7) is 0. The first kappa shape index (κ1) is 20.3. The van der Waals surface area contributed by atoms with E-state index in [1.54, 1.807) is 11.6 Å². The molecule has 4 rings (SSSR count). The molecule has 0 saturated heterocycles. The van der Waals surface area contributed by atoms with Crippen LogP contribution < -0.4 is 5.56 Å². The van der Waals surface area contributed by atoms with E-state index in [-0.39, 0.29) is 37.7 Å². The minimum atomic E-state index is -4.59. The number of benzene rings is 2. The van der Waals surface area contributed by atoms with Gasteiger partial charge in [-0.25, -0.2) is 0 Å². The fourth-order valence-corrected chi connectivity index (χ4v) is 4.08. The highest BCUT2D eigenvalue weighted by atomic mass is 35.5. The van der Waals surface area contributed by atoms with Crippen molar-refractivity contribution in [3.8, 4) is 16.9 Å². The lowest BCUT2D eigenvalue weighted by molar-refractivity contribution is -0.137. The summed E-state index contributed by atoms with van der Waals surface area (Å²) in [5, 5.41) is 18.8. The molecule has 0 unspecified atom stereocenters. The van der Waals surface area contributed by atoms with Crippen molar-refractivity contribution in [2.24, 2.45) is 7.05 Å². The first-order valence-electron chi connectivity index (χ1n) is 8.43. The van der Waals surface area contributed by atoms with Crippen molar-refractivity contribution in [2.45, 2.75) is 16.2 Å². The molecule has 0 radical (unpaired) electrons. The number of aryl methyl sites for hydroxylation is 1. The van der Waals surface area contributed by atoms with Gasteiger partial charge in [-0.3, -0.25) is 4.79 Å². The third-order valence-electron chi connectivity index (χ3n) is 4.39. The Kier molecular flexibility index (Phi) is 4.99. The Balaban J connectivity index is 2.11. The molecule has 154 valence electrons. The van der Waals surface area contributed by atoms with Gasteiger partial charge < -0.3 is 14.7 Å². The van der Waals surface area contributed by atoms with Crippen molar-refractivity contribution in [3.05, 3.63) is 63.7 Å². The molecule has 0 bridgehead atoms. The predicted molar refractivity (Wildman–Crippen MR) is 107 cm³/mol. The highest BCUT2D eigenvalue weighted by Crippen LogP contribution is 2.43. The number of aromatic amines is 1. The lowest BCUT2D eigenvalue weighted by Gasteiger charge is -2.15. The van der Waals surface area contributed by atoms with Gasteiger partial charge >= 0.3 is 6.18 Å². The molecule has 2 aromatic carbocycles. The number of aromatic nitrogens is 4. The quantitative estimate of drug-likeness (QED) is 0.464. The highest BCUT2D eigenvalue weighted by Gasteiger charge is 2.31. The van der Waals surface area contributed by atoms with Gasteiger partial charge in [-0.05, 0) is 48.2 Å². The van der Waals surface area contributed by atoms with Crippen LogP contribution in [0.25, 0.3) is 22.0 Å². The molecular weight excluding hydrogens is 441 g/mol. The van der Waals surface area contributed by atoms with E-state index in [0.29, 0.717) is 5.16 Å². The Labute approximate surface area is 176 Å². The summed E-state index contributed by atoms with van der Waals surface area (Å²) in [6.07, 6.45) is -3.16. The third kappa shape index (κ3) is 3.63. The van der Waals surface area contributed by atoms with Gasteiger partial charge in [0.25, 0.3) is 5.56 Å². The van der Waals surface area contributed by atoms with Gasteiger partial charge in [0.15, 0.2) is 5.16 Å². The van der Waals surface area contributed by atoms with E-state index >= 15 is 0 Å². The third-order valence-corrected chi connectivity index (χ3v) is 5.77. The van der Waals surface area contributed by atoms with Crippen molar-refractivity contribution >= 4 is 34.3 Å². The standard InChI is InChI=1S/C19H12ClF3N4O2S/c1-27-8-24-26-18(27)30-16-15(12-7-10(20)3-5-14(12)28)11-6-9(19(21,22)23)2-4-13(11)25-17(16)29/h2-8,28H,1H3,(H,25,29). The molecule has 30 heavy (non-hydrogen) atoms. The normalized spacial score (nSPS) is 11.9. The van der Waals surface area contributed by atoms with Crippen LogP contribution in [0.3, 0.4) is 0 Å². The summed E-state index contributed by atoms with van der Waals surface area (Å²) >= 11 is 6.99. The SMILES string of the molecule is Cn1cnnc1Sc1c(-c2cc(Cl)ccc2O)c2cc(C(F)(F)F)ccc2[nH]c1=O. The second kappa shape index (κ2) is 7.37. The first-order chi connectivity index (χ1) is 14.1. The summed E-state index contributed by atoms with van der Waals surface area (Å²) in [6, 6.07) is 7.14.